The van der Waals surface area contributed by atoms with Crippen molar-refractivity contribution in [3.63, 3.8) is 0 Å². The Balaban J connectivity index is 2.11. The van der Waals surface area contributed by atoms with Gasteiger partial charge >= 0.3 is 0 Å². The summed E-state index contributed by atoms with van der Waals surface area (Å²) in [4.78, 5) is 12.1. The van der Waals surface area contributed by atoms with Crippen LogP contribution in [-0.2, 0) is 4.79 Å². The van der Waals surface area contributed by atoms with Gasteiger partial charge in [0.05, 0.1) is 18.9 Å². The average Bonchev–Trinajstić information content (AvgIpc) is 2.57. The summed E-state index contributed by atoms with van der Waals surface area (Å²) in [5.74, 6) is 0.600. The number of halogens is 1. The SMILES string of the molecule is CCOc1ccc(OCC)c(NC(=O)/C=C/c2ccc(F)cc2)c1. The minimum absolute atomic E-state index is 0.311. The molecule has 0 saturated heterocycles. The molecular weight excluding hydrogens is 309 g/mol. The molecule has 0 aromatic heterocycles. The minimum atomic E-state index is -0.314. The first kappa shape index (κ1) is 17.5. The average molecular weight is 329 g/mol. The Labute approximate surface area is 140 Å². The molecule has 0 aliphatic heterocycles. The Kier molecular flexibility index (Phi) is 6.37. The molecule has 126 valence electrons. The van der Waals surface area contributed by atoms with Crippen molar-refractivity contribution < 1.29 is 18.7 Å². The number of nitrogens with one attached hydrogen (secondary N) is 1. The highest BCUT2D eigenvalue weighted by Gasteiger charge is 2.08. The number of carbonyl (C=O) groups excluding carboxylic acids is 1. The summed E-state index contributed by atoms with van der Waals surface area (Å²) in [5.41, 5.74) is 1.27. The van der Waals surface area contributed by atoms with E-state index in [0.29, 0.717) is 30.4 Å². The molecule has 0 spiro atoms. The Morgan fingerprint density at radius 3 is 2.46 bits per heavy atom. The highest BCUT2D eigenvalue weighted by Crippen LogP contribution is 2.29. The number of amides is 1. The lowest BCUT2D eigenvalue weighted by Gasteiger charge is -2.12. The molecule has 0 bridgehead atoms. The van der Waals surface area contributed by atoms with Crippen molar-refractivity contribution in [2.45, 2.75) is 13.8 Å². The summed E-state index contributed by atoms with van der Waals surface area (Å²) in [6, 6.07) is 11.2. The van der Waals surface area contributed by atoms with Gasteiger partial charge < -0.3 is 14.8 Å². The van der Waals surface area contributed by atoms with Crippen LogP contribution in [0.1, 0.15) is 19.4 Å². The van der Waals surface area contributed by atoms with Crippen LogP contribution in [-0.4, -0.2) is 19.1 Å². The van der Waals surface area contributed by atoms with Crippen LogP contribution in [0.15, 0.2) is 48.5 Å². The molecule has 0 unspecified atom stereocenters. The van der Waals surface area contributed by atoms with Crippen LogP contribution in [0.4, 0.5) is 10.1 Å². The van der Waals surface area contributed by atoms with Gasteiger partial charge in [-0.1, -0.05) is 12.1 Å². The maximum atomic E-state index is 12.9. The summed E-state index contributed by atoms with van der Waals surface area (Å²) >= 11 is 0. The van der Waals surface area contributed by atoms with E-state index in [1.807, 2.05) is 13.8 Å². The first-order chi connectivity index (χ1) is 11.6. The predicted octanol–water partition coefficient (Wildman–Crippen LogP) is 4.28. The topological polar surface area (TPSA) is 47.6 Å². The van der Waals surface area contributed by atoms with Crippen LogP contribution < -0.4 is 14.8 Å². The van der Waals surface area contributed by atoms with Crippen LogP contribution in [0.3, 0.4) is 0 Å². The van der Waals surface area contributed by atoms with E-state index in [2.05, 4.69) is 5.32 Å². The van der Waals surface area contributed by atoms with Crippen molar-refractivity contribution >= 4 is 17.7 Å². The van der Waals surface area contributed by atoms with E-state index in [4.69, 9.17) is 9.47 Å². The van der Waals surface area contributed by atoms with E-state index in [-0.39, 0.29) is 11.7 Å². The fourth-order valence-corrected chi connectivity index (χ4v) is 2.06. The van der Waals surface area contributed by atoms with Crippen molar-refractivity contribution in [2.75, 3.05) is 18.5 Å². The maximum Gasteiger partial charge on any atom is 0.248 e. The molecule has 0 aliphatic rings. The Bertz CT molecular complexity index is 711. The highest BCUT2D eigenvalue weighted by molar-refractivity contribution is 6.02. The lowest BCUT2D eigenvalue weighted by atomic mass is 10.2. The molecule has 0 heterocycles. The van der Waals surface area contributed by atoms with Gasteiger partial charge in [0.1, 0.15) is 17.3 Å². The van der Waals surface area contributed by atoms with E-state index in [9.17, 15) is 9.18 Å². The van der Waals surface area contributed by atoms with Crippen molar-refractivity contribution in [2.24, 2.45) is 0 Å². The third-order valence-electron chi connectivity index (χ3n) is 3.12. The zero-order chi connectivity index (χ0) is 17.4. The maximum absolute atomic E-state index is 12.9. The number of carbonyl (C=O) groups is 1. The van der Waals surface area contributed by atoms with Gasteiger partial charge in [-0.25, -0.2) is 4.39 Å². The summed E-state index contributed by atoms with van der Waals surface area (Å²) in [7, 11) is 0. The lowest BCUT2D eigenvalue weighted by Crippen LogP contribution is -2.10. The third kappa shape index (κ3) is 5.12. The molecule has 4 nitrogen and oxygen atoms in total. The summed E-state index contributed by atoms with van der Waals surface area (Å²) in [6.45, 7) is 4.78. The molecule has 1 amide bonds. The molecule has 0 aliphatic carbocycles. The van der Waals surface area contributed by atoms with E-state index >= 15 is 0 Å². The molecular formula is C19H20FNO3. The first-order valence-corrected chi connectivity index (χ1v) is 7.76. The normalized spacial score (nSPS) is 10.6. The van der Waals surface area contributed by atoms with Crippen LogP contribution in [0, 0.1) is 5.82 Å². The zero-order valence-corrected chi connectivity index (χ0v) is 13.7. The van der Waals surface area contributed by atoms with Gasteiger partial charge in [0.2, 0.25) is 5.91 Å². The number of ether oxygens (including phenoxy) is 2. The molecule has 2 aromatic carbocycles. The van der Waals surface area contributed by atoms with Gasteiger partial charge in [-0.05, 0) is 49.8 Å². The molecule has 0 atom stereocenters. The predicted molar refractivity (Wildman–Crippen MR) is 92.8 cm³/mol. The second kappa shape index (κ2) is 8.72. The van der Waals surface area contributed by atoms with E-state index in [1.165, 1.54) is 18.2 Å². The quantitative estimate of drug-likeness (QED) is 0.772. The summed E-state index contributed by atoms with van der Waals surface area (Å²) in [5, 5.41) is 2.77. The Morgan fingerprint density at radius 1 is 1.08 bits per heavy atom. The molecule has 0 fully saturated rings. The van der Waals surface area contributed by atoms with Crippen molar-refractivity contribution in [3.05, 3.63) is 59.9 Å². The van der Waals surface area contributed by atoms with Crippen LogP contribution in [0.5, 0.6) is 11.5 Å². The van der Waals surface area contributed by atoms with Crippen LogP contribution >= 0.6 is 0 Å². The van der Waals surface area contributed by atoms with Gasteiger partial charge in [-0.2, -0.15) is 0 Å². The number of rotatable bonds is 7. The van der Waals surface area contributed by atoms with Crippen molar-refractivity contribution in [1.82, 2.24) is 0 Å². The molecule has 24 heavy (non-hydrogen) atoms. The molecule has 5 heteroatoms. The van der Waals surface area contributed by atoms with E-state index < -0.39 is 0 Å². The largest absolute Gasteiger partial charge is 0.494 e. The van der Waals surface area contributed by atoms with Crippen LogP contribution in [0.2, 0.25) is 0 Å². The molecule has 2 aromatic rings. The zero-order valence-electron chi connectivity index (χ0n) is 13.7. The summed E-state index contributed by atoms with van der Waals surface area (Å²) < 4.78 is 23.8. The second-order valence-corrected chi connectivity index (χ2v) is 4.90. The van der Waals surface area contributed by atoms with Crippen LogP contribution in [0.25, 0.3) is 6.08 Å². The van der Waals surface area contributed by atoms with Gasteiger partial charge in [0.15, 0.2) is 0 Å². The van der Waals surface area contributed by atoms with Crippen molar-refractivity contribution in [3.8, 4) is 11.5 Å². The van der Waals surface area contributed by atoms with E-state index in [0.717, 1.165) is 5.56 Å². The Morgan fingerprint density at radius 2 is 1.79 bits per heavy atom. The molecule has 0 radical (unpaired) electrons. The first-order valence-electron chi connectivity index (χ1n) is 7.76. The van der Waals surface area contributed by atoms with Gasteiger partial charge in [-0.3, -0.25) is 4.79 Å². The van der Waals surface area contributed by atoms with Gasteiger partial charge in [0.25, 0.3) is 0 Å². The summed E-state index contributed by atoms with van der Waals surface area (Å²) in [6.07, 6.45) is 3.00. The second-order valence-electron chi connectivity index (χ2n) is 4.90. The molecule has 2 rings (SSSR count). The number of anilines is 1. The monoisotopic (exact) mass is 329 g/mol. The minimum Gasteiger partial charge on any atom is -0.494 e. The number of benzene rings is 2. The van der Waals surface area contributed by atoms with Crippen molar-refractivity contribution in [1.29, 1.82) is 0 Å². The third-order valence-corrected chi connectivity index (χ3v) is 3.12. The van der Waals surface area contributed by atoms with E-state index in [1.54, 1.807) is 36.4 Å². The fourth-order valence-electron chi connectivity index (χ4n) is 2.06. The number of hydrogen-bond donors (Lipinski definition) is 1. The van der Waals surface area contributed by atoms with Gasteiger partial charge in [-0.15, -0.1) is 0 Å². The lowest BCUT2D eigenvalue weighted by molar-refractivity contribution is -0.111. The Hall–Kier alpha value is -2.82. The molecule has 0 saturated carbocycles. The molecule has 1 N–H and O–H groups in total. The number of hydrogen-bond acceptors (Lipinski definition) is 3. The highest BCUT2D eigenvalue weighted by atomic mass is 19.1. The smallest absolute Gasteiger partial charge is 0.248 e. The van der Waals surface area contributed by atoms with Gasteiger partial charge in [0, 0.05) is 12.1 Å². The fraction of sp³-hybridized carbons (Fsp3) is 0.211. The standard InChI is InChI=1S/C19H20FNO3/c1-3-23-16-10-11-18(24-4-2)17(13-16)21-19(22)12-7-14-5-8-15(20)9-6-14/h5-13H,3-4H2,1-2H3,(H,21,22)/b12-7+.